The summed E-state index contributed by atoms with van der Waals surface area (Å²) in [5.74, 6) is -0.268. The summed E-state index contributed by atoms with van der Waals surface area (Å²) >= 11 is 0. The van der Waals surface area contributed by atoms with Gasteiger partial charge in [-0.15, -0.1) is 0 Å². The number of hydrogen-bond acceptors (Lipinski definition) is 5. The van der Waals surface area contributed by atoms with Crippen molar-refractivity contribution in [3.63, 3.8) is 0 Å². The van der Waals surface area contributed by atoms with Gasteiger partial charge in [0, 0.05) is 52.1 Å². The third kappa shape index (κ3) is 5.20. The molecule has 2 fully saturated rings. The monoisotopic (exact) mass is 450 g/mol. The van der Waals surface area contributed by atoms with Gasteiger partial charge < -0.3 is 15.1 Å². The van der Waals surface area contributed by atoms with E-state index in [1.165, 1.54) is 4.31 Å². The first kappa shape index (κ1) is 23.5. The van der Waals surface area contributed by atoms with Crippen LogP contribution in [0.4, 0.5) is 11.4 Å². The van der Waals surface area contributed by atoms with Gasteiger partial charge in [-0.2, -0.15) is 4.31 Å². The van der Waals surface area contributed by atoms with E-state index in [1.54, 1.807) is 24.0 Å². The molecule has 9 heteroatoms. The first-order valence-electron chi connectivity index (χ1n) is 11.2. The summed E-state index contributed by atoms with van der Waals surface area (Å²) in [4.78, 5) is 28.7. The normalized spacial score (nSPS) is 17.9. The molecule has 2 saturated heterocycles. The number of carbonyl (C=O) groups is 2. The summed E-state index contributed by atoms with van der Waals surface area (Å²) in [6, 6.07) is 5.06. The molecule has 8 nitrogen and oxygen atoms in total. The molecule has 0 atom stereocenters. The Morgan fingerprint density at radius 3 is 2.23 bits per heavy atom. The van der Waals surface area contributed by atoms with Crippen LogP contribution in [0.1, 0.15) is 46.5 Å². The van der Waals surface area contributed by atoms with Crippen LogP contribution in [0, 0.1) is 5.92 Å². The minimum absolute atomic E-state index is 0.0319. The molecule has 2 amide bonds. The second kappa shape index (κ2) is 9.99. The van der Waals surface area contributed by atoms with Gasteiger partial charge in [0.15, 0.2) is 0 Å². The molecule has 0 spiro atoms. The molecule has 2 heterocycles. The lowest BCUT2D eigenvalue weighted by Crippen LogP contribution is -2.40. The summed E-state index contributed by atoms with van der Waals surface area (Å²) in [5, 5.41) is 3.02. The van der Waals surface area contributed by atoms with E-state index in [9.17, 15) is 18.0 Å². The molecule has 3 rings (SSSR count). The minimum atomic E-state index is -3.62. The van der Waals surface area contributed by atoms with Gasteiger partial charge in [0.25, 0.3) is 0 Å². The number of rotatable bonds is 7. The molecule has 0 saturated carbocycles. The van der Waals surface area contributed by atoms with E-state index in [0.717, 1.165) is 31.6 Å². The van der Waals surface area contributed by atoms with Crippen molar-refractivity contribution < 1.29 is 18.0 Å². The van der Waals surface area contributed by atoms with Crippen LogP contribution in [0.15, 0.2) is 23.1 Å². The molecule has 0 bridgehead atoms. The fourth-order valence-corrected chi connectivity index (χ4v) is 5.90. The number of piperidine rings is 1. The van der Waals surface area contributed by atoms with E-state index < -0.39 is 10.0 Å². The van der Waals surface area contributed by atoms with Crippen LogP contribution < -0.4 is 10.2 Å². The van der Waals surface area contributed by atoms with Crippen molar-refractivity contribution in [2.45, 2.75) is 51.3 Å². The highest BCUT2D eigenvalue weighted by atomic mass is 32.2. The van der Waals surface area contributed by atoms with E-state index >= 15 is 0 Å². The maximum Gasteiger partial charge on any atom is 0.243 e. The van der Waals surface area contributed by atoms with Gasteiger partial charge in [-0.25, -0.2) is 8.42 Å². The average Bonchev–Trinajstić information content (AvgIpc) is 3.29. The minimum Gasteiger partial charge on any atom is -0.370 e. The highest BCUT2D eigenvalue weighted by molar-refractivity contribution is 7.89. The van der Waals surface area contributed by atoms with Gasteiger partial charge >= 0.3 is 0 Å². The molecule has 1 N–H and O–H groups in total. The van der Waals surface area contributed by atoms with E-state index in [0.29, 0.717) is 44.7 Å². The maximum atomic E-state index is 13.0. The number of amides is 2. The molecule has 0 radical (unpaired) electrons. The lowest BCUT2D eigenvalue weighted by molar-refractivity contribution is -0.132. The van der Waals surface area contributed by atoms with Crippen LogP contribution in [0.5, 0.6) is 0 Å². The largest absolute Gasteiger partial charge is 0.370 e. The van der Waals surface area contributed by atoms with Crippen LogP contribution >= 0.6 is 0 Å². The number of nitrogens with zero attached hydrogens (tertiary/aromatic N) is 3. The predicted molar refractivity (Wildman–Crippen MR) is 122 cm³/mol. The number of benzene rings is 1. The third-order valence-electron chi connectivity index (χ3n) is 6.33. The Morgan fingerprint density at radius 1 is 1.06 bits per heavy atom. The van der Waals surface area contributed by atoms with Crippen LogP contribution in [-0.4, -0.2) is 68.7 Å². The number of likely N-dealkylation sites (tertiary alicyclic amines) is 1. The Labute approximate surface area is 185 Å². The topological polar surface area (TPSA) is 90.0 Å². The fraction of sp³-hybridized carbons (Fsp3) is 0.636. The molecule has 1 aromatic rings. The van der Waals surface area contributed by atoms with Gasteiger partial charge in [0.1, 0.15) is 0 Å². The Hall–Kier alpha value is -2.13. The van der Waals surface area contributed by atoms with Crippen molar-refractivity contribution in [3.05, 3.63) is 18.2 Å². The van der Waals surface area contributed by atoms with Crippen molar-refractivity contribution in [2.24, 2.45) is 5.92 Å². The Kier molecular flexibility index (Phi) is 7.59. The molecule has 0 unspecified atom stereocenters. The van der Waals surface area contributed by atoms with Crippen LogP contribution in [0.2, 0.25) is 0 Å². The smallest absolute Gasteiger partial charge is 0.243 e. The van der Waals surface area contributed by atoms with Gasteiger partial charge in [-0.05, 0) is 43.9 Å². The first-order chi connectivity index (χ1) is 14.8. The average molecular weight is 451 g/mol. The van der Waals surface area contributed by atoms with E-state index in [4.69, 9.17) is 0 Å². The lowest BCUT2D eigenvalue weighted by Gasteiger charge is -2.31. The SMILES string of the molecule is CCN(CC)S(=O)(=O)c1ccc(N2CCCC2)c(NC(=O)C2CCN(C(C)=O)CC2)c1. The number of carbonyl (C=O) groups excluding carboxylic acids is 2. The van der Waals surface area contributed by atoms with Crippen molar-refractivity contribution in [2.75, 3.05) is 49.5 Å². The van der Waals surface area contributed by atoms with Gasteiger partial charge in [-0.1, -0.05) is 13.8 Å². The summed E-state index contributed by atoms with van der Waals surface area (Å²) in [6.07, 6.45) is 3.39. The Morgan fingerprint density at radius 2 is 1.68 bits per heavy atom. The van der Waals surface area contributed by atoms with Gasteiger partial charge in [0.05, 0.1) is 16.3 Å². The van der Waals surface area contributed by atoms with Crippen molar-refractivity contribution >= 4 is 33.2 Å². The summed E-state index contributed by atoms with van der Waals surface area (Å²) in [6.45, 7) is 8.89. The fourth-order valence-electron chi connectivity index (χ4n) is 4.41. The molecular formula is C22H34N4O4S. The molecule has 0 aliphatic carbocycles. The quantitative estimate of drug-likeness (QED) is 0.689. The van der Waals surface area contributed by atoms with Crippen LogP contribution in [-0.2, 0) is 19.6 Å². The van der Waals surface area contributed by atoms with Crippen LogP contribution in [0.25, 0.3) is 0 Å². The maximum absolute atomic E-state index is 13.0. The van der Waals surface area contributed by atoms with Crippen molar-refractivity contribution in [1.82, 2.24) is 9.21 Å². The predicted octanol–water partition coefficient (Wildman–Crippen LogP) is 2.51. The van der Waals surface area contributed by atoms with Crippen LogP contribution in [0.3, 0.4) is 0 Å². The van der Waals surface area contributed by atoms with Crippen molar-refractivity contribution in [3.8, 4) is 0 Å². The van der Waals surface area contributed by atoms with Gasteiger partial charge in [0.2, 0.25) is 21.8 Å². The Balaban J connectivity index is 1.86. The lowest BCUT2D eigenvalue weighted by atomic mass is 9.95. The second-order valence-corrected chi connectivity index (χ2v) is 10.2. The van der Waals surface area contributed by atoms with Gasteiger partial charge in [-0.3, -0.25) is 9.59 Å². The first-order valence-corrected chi connectivity index (χ1v) is 12.7. The number of anilines is 2. The summed E-state index contributed by atoms with van der Waals surface area (Å²) in [5.41, 5.74) is 1.42. The number of hydrogen-bond donors (Lipinski definition) is 1. The number of sulfonamides is 1. The molecule has 2 aliphatic rings. The second-order valence-electron chi connectivity index (χ2n) is 8.23. The zero-order valence-electron chi connectivity index (χ0n) is 18.8. The molecule has 0 aromatic heterocycles. The van der Waals surface area contributed by atoms with E-state index in [2.05, 4.69) is 10.2 Å². The molecule has 172 valence electrons. The third-order valence-corrected chi connectivity index (χ3v) is 8.37. The zero-order valence-corrected chi connectivity index (χ0v) is 19.6. The summed E-state index contributed by atoms with van der Waals surface area (Å²) in [7, 11) is -3.62. The Bertz CT molecular complexity index is 900. The molecule has 1 aromatic carbocycles. The van der Waals surface area contributed by atoms with Crippen molar-refractivity contribution in [1.29, 1.82) is 0 Å². The highest BCUT2D eigenvalue weighted by Crippen LogP contribution is 2.33. The summed E-state index contributed by atoms with van der Waals surface area (Å²) < 4.78 is 27.5. The standard InChI is InChI=1S/C22H34N4O4S/c1-4-26(5-2)31(29,30)19-8-9-21(25-12-6-7-13-25)20(16-19)23-22(28)18-10-14-24(15-11-18)17(3)27/h8-9,16,18H,4-7,10-15H2,1-3H3,(H,23,28). The number of nitrogens with one attached hydrogen (secondary N) is 1. The molecule has 2 aliphatic heterocycles. The zero-order chi connectivity index (χ0) is 22.6. The molecular weight excluding hydrogens is 416 g/mol. The highest BCUT2D eigenvalue weighted by Gasteiger charge is 2.29. The molecule has 31 heavy (non-hydrogen) atoms. The van der Waals surface area contributed by atoms with E-state index in [1.807, 2.05) is 19.9 Å². The van der Waals surface area contributed by atoms with E-state index in [-0.39, 0.29) is 22.6 Å².